The minimum Gasteiger partial charge on any atom is -0.348 e. The Hall–Kier alpha value is -1.92. The minimum atomic E-state index is 0.0608. The van der Waals surface area contributed by atoms with Crippen LogP contribution in [0, 0.1) is 19.8 Å². The highest BCUT2D eigenvalue weighted by molar-refractivity contribution is 5.92. The first-order valence-electron chi connectivity index (χ1n) is 10.1. The van der Waals surface area contributed by atoms with Crippen molar-refractivity contribution in [1.29, 1.82) is 0 Å². The Labute approximate surface area is 163 Å². The molecule has 1 aliphatic heterocycles. The number of hydrogen-bond donors (Lipinski definition) is 4. The van der Waals surface area contributed by atoms with Crippen molar-refractivity contribution in [2.75, 3.05) is 44.6 Å². The highest BCUT2D eigenvalue weighted by atomic mass is 16.2. The van der Waals surface area contributed by atoms with E-state index in [0.29, 0.717) is 19.0 Å². The van der Waals surface area contributed by atoms with Crippen LogP contribution in [-0.2, 0) is 9.59 Å². The summed E-state index contributed by atoms with van der Waals surface area (Å²) in [4.78, 5) is 27.1. The Kier molecular flexibility index (Phi) is 7.80. The first-order valence-corrected chi connectivity index (χ1v) is 10.1. The highest BCUT2D eigenvalue weighted by Gasteiger charge is 2.27. The molecule has 6 heteroatoms. The SMILES string of the molecule is Cc1cccc(NC(=O)C[NH+]2CC[NH+](CC(=O)N[C@@H](C)C(C)C)CC2)c1C. The van der Waals surface area contributed by atoms with E-state index >= 15 is 0 Å². The van der Waals surface area contributed by atoms with Crippen LogP contribution in [0.3, 0.4) is 0 Å². The molecule has 1 heterocycles. The number of anilines is 1. The second kappa shape index (κ2) is 9.85. The Balaban J connectivity index is 1.73. The number of carbonyl (C=O) groups is 2. The molecule has 1 aromatic rings. The standard InChI is InChI=1S/C21H34N4O2/c1-15(2)18(5)22-20(26)13-24-9-11-25(12-10-24)14-21(27)23-19-8-6-7-16(3)17(19)4/h6-8,15,18H,9-14H2,1-5H3,(H,22,26)(H,23,27)/p+2/t18-/m0/s1. The predicted molar refractivity (Wildman–Crippen MR) is 108 cm³/mol. The molecule has 1 aromatic carbocycles. The monoisotopic (exact) mass is 376 g/mol. The van der Waals surface area contributed by atoms with E-state index in [0.717, 1.165) is 37.4 Å². The van der Waals surface area contributed by atoms with E-state index < -0.39 is 0 Å². The van der Waals surface area contributed by atoms with Gasteiger partial charge in [-0.3, -0.25) is 9.59 Å². The topological polar surface area (TPSA) is 67.1 Å². The average Bonchev–Trinajstić information content (AvgIpc) is 2.60. The lowest BCUT2D eigenvalue weighted by Gasteiger charge is -2.29. The summed E-state index contributed by atoms with van der Waals surface area (Å²) in [6, 6.07) is 6.18. The fourth-order valence-electron chi connectivity index (χ4n) is 3.32. The van der Waals surface area contributed by atoms with Crippen molar-refractivity contribution in [2.24, 2.45) is 5.92 Å². The summed E-state index contributed by atoms with van der Waals surface area (Å²) >= 11 is 0. The van der Waals surface area contributed by atoms with Crippen LogP contribution in [0.2, 0.25) is 0 Å². The third-order valence-corrected chi connectivity index (χ3v) is 5.75. The number of nitrogens with one attached hydrogen (secondary N) is 4. The van der Waals surface area contributed by atoms with Crippen LogP contribution in [-0.4, -0.2) is 57.1 Å². The molecule has 1 saturated heterocycles. The van der Waals surface area contributed by atoms with E-state index in [1.807, 2.05) is 19.1 Å². The van der Waals surface area contributed by atoms with Crippen molar-refractivity contribution >= 4 is 17.5 Å². The molecule has 150 valence electrons. The highest BCUT2D eigenvalue weighted by Crippen LogP contribution is 2.17. The zero-order chi connectivity index (χ0) is 20.0. The molecule has 0 spiro atoms. The van der Waals surface area contributed by atoms with Gasteiger partial charge in [0.1, 0.15) is 26.2 Å². The van der Waals surface area contributed by atoms with Crippen LogP contribution in [0.5, 0.6) is 0 Å². The summed E-state index contributed by atoms with van der Waals surface area (Å²) in [5.74, 6) is 0.633. The fourth-order valence-corrected chi connectivity index (χ4v) is 3.32. The Bertz CT molecular complexity index is 652. The molecule has 27 heavy (non-hydrogen) atoms. The third kappa shape index (κ3) is 6.63. The summed E-state index contributed by atoms with van der Waals surface area (Å²) < 4.78 is 0. The van der Waals surface area contributed by atoms with Crippen molar-refractivity contribution in [3.63, 3.8) is 0 Å². The second-order valence-corrected chi connectivity index (χ2v) is 8.25. The van der Waals surface area contributed by atoms with Gasteiger partial charge in [-0.05, 0) is 43.9 Å². The zero-order valence-corrected chi connectivity index (χ0v) is 17.4. The molecule has 0 aromatic heterocycles. The van der Waals surface area contributed by atoms with Gasteiger partial charge in [0.05, 0.1) is 0 Å². The molecular weight excluding hydrogens is 340 g/mol. The molecule has 1 aliphatic rings. The molecule has 0 bridgehead atoms. The van der Waals surface area contributed by atoms with Crippen molar-refractivity contribution in [3.05, 3.63) is 29.3 Å². The lowest BCUT2D eigenvalue weighted by atomic mass is 10.1. The number of rotatable bonds is 7. The van der Waals surface area contributed by atoms with Gasteiger partial charge in [0, 0.05) is 11.7 Å². The number of aryl methyl sites for hydroxylation is 1. The van der Waals surface area contributed by atoms with Gasteiger partial charge in [0.25, 0.3) is 11.8 Å². The third-order valence-electron chi connectivity index (χ3n) is 5.75. The predicted octanol–water partition coefficient (Wildman–Crippen LogP) is -0.814. The molecule has 0 saturated carbocycles. The number of quaternary nitrogens is 2. The summed E-state index contributed by atoms with van der Waals surface area (Å²) in [6.07, 6.45) is 0. The van der Waals surface area contributed by atoms with E-state index in [1.165, 1.54) is 15.4 Å². The Morgan fingerprint density at radius 3 is 2.07 bits per heavy atom. The number of benzene rings is 1. The number of hydrogen-bond acceptors (Lipinski definition) is 2. The van der Waals surface area contributed by atoms with Crippen LogP contribution in [0.4, 0.5) is 5.69 Å². The Morgan fingerprint density at radius 1 is 0.963 bits per heavy atom. The molecular formula is C21H36N4O2+2. The molecule has 6 nitrogen and oxygen atoms in total. The van der Waals surface area contributed by atoms with Crippen LogP contribution >= 0.6 is 0 Å². The van der Waals surface area contributed by atoms with Crippen molar-refractivity contribution in [3.8, 4) is 0 Å². The smallest absolute Gasteiger partial charge is 0.279 e. The summed E-state index contributed by atoms with van der Waals surface area (Å²) in [7, 11) is 0. The fraction of sp³-hybridized carbons (Fsp3) is 0.619. The molecule has 0 unspecified atom stereocenters. The minimum absolute atomic E-state index is 0.0608. The van der Waals surface area contributed by atoms with Gasteiger partial charge in [0.15, 0.2) is 13.1 Å². The molecule has 2 rings (SSSR count). The van der Waals surface area contributed by atoms with Crippen LogP contribution < -0.4 is 20.4 Å². The zero-order valence-electron chi connectivity index (χ0n) is 17.4. The quantitative estimate of drug-likeness (QED) is 0.503. The lowest BCUT2D eigenvalue weighted by Crippen LogP contribution is -3.28. The Morgan fingerprint density at radius 2 is 1.52 bits per heavy atom. The summed E-state index contributed by atoms with van der Waals surface area (Å²) in [5, 5.41) is 6.12. The van der Waals surface area contributed by atoms with E-state index in [9.17, 15) is 9.59 Å². The molecule has 4 N–H and O–H groups in total. The van der Waals surface area contributed by atoms with Gasteiger partial charge >= 0.3 is 0 Å². The number of carbonyl (C=O) groups excluding carboxylic acids is 2. The van der Waals surface area contributed by atoms with Gasteiger partial charge < -0.3 is 20.4 Å². The molecule has 1 fully saturated rings. The molecule has 0 radical (unpaired) electrons. The second-order valence-electron chi connectivity index (χ2n) is 8.25. The van der Waals surface area contributed by atoms with Crippen LogP contribution in [0.15, 0.2) is 18.2 Å². The lowest BCUT2D eigenvalue weighted by molar-refractivity contribution is -1.00. The normalized spacial score (nSPS) is 21.0. The number of piperazine rings is 1. The first kappa shape index (κ1) is 21.4. The van der Waals surface area contributed by atoms with Gasteiger partial charge in [-0.15, -0.1) is 0 Å². The van der Waals surface area contributed by atoms with E-state index in [2.05, 4.69) is 44.4 Å². The van der Waals surface area contributed by atoms with Crippen molar-refractivity contribution in [2.45, 2.75) is 40.7 Å². The van der Waals surface area contributed by atoms with Gasteiger partial charge in [-0.25, -0.2) is 0 Å². The number of amides is 2. The van der Waals surface area contributed by atoms with E-state index in [4.69, 9.17) is 0 Å². The van der Waals surface area contributed by atoms with Gasteiger partial charge in [-0.2, -0.15) is 0 Å². The van der Waals surface area contributed by atoms with Gasteiger partial charge in [-0.1, -0.05) is 26.0 Å². The van der Waals surface area contributed by atoms with Crippen molar-refractivity contribution in [1.82, 2.24) is 5.32 Å². The first-order chi connectivity index (χ1) is 12.8. The van der Waals surface area contributed by atoms with Crippen LogP contribution in [0.25, 0.3) is 0 Å². The maximum atomic E-state index is 12.4. The van der Waals surface area contributed by atoms with Crippen LogP contribution in [0.1, 0.15) is 31.9 Å². The molecule has 2 amide bonds. The molecule has 1 atom stereocenters. The largest absolute Gasteiger partial charge is 0.348 e. The summed E-state index contributed by atoms with van der Waals surface area (Å²) in [6.45, 7) is 15.1. The van der Waals surface area contributed by atoms with Gasteiger partial charge in [0.2, 0.25) is 0 Å². The van der Waals surface area contributed by atoms with Crippen molar-refractivity contribution < 1.29 is 19.4 Å². The molecule has 0 aliphatic carbocycles. The maximum Gasteiger partial charge on any atom is 0.279 e. The average molecular weight is 377 g/mol. The summed E-state index contributed by atoms with van der Waals surface area (Å²) in [5.41, 5.74) is 3.21. The van der Waals surface area contributed by atoms with E-state index in [-0.39, 0.29) is 17.9 Å². The maximum absolute atomic E-state index is 12.4. The van der Waals surface area contributed by atoms with E-state index in [1.54, 1.807) is 0 Å².